The van der Waals surface area contributed by atoms with Crippen molar-refractivity contribution in [3.05, 3.63) is 35.4 Å². The summed E-state index contributed by atoms with van der Waals surface area (Å²) in [4.78, 5) is 12.4. The molecule has 0 bridgehead atoms. The molecule has 6 heteroatoms. The lowest BCUT2D eigenvalue weighted by molar-refractivity contribution is -0.123. The molecule has 1 spiro atoms. The van der Waals surface area contributed by atoms with Crippen LogP contribution in [0.4, 0.5) is 0 Å². The van der Waals surface area contributed by atoms with Gasteiger partial charge in [-0.1, -0.05) is 37.6 Å². The van der Waals surface area contributed by atoms with E-state index in [-0.39, 0.29) is 23.5 Å². The van der Waals surface area contributed by atoms with E-state index in [0.29, 0.717) is 25.9 Å². The Bertz CT molecular complexity index is 729. The number of hydrogen-bond donors (Lipinski definition) is 1. The van der Waals surface area contributed by atoms with Crippen LogP contribution in [0.15, 0.2) is 24.3 Å². The molecule has 0 unspecified atom stereocenters. The second-order valence-electron chi connectivity index (χ2n) is 7.73. The first-order chi connectivity index (χ1) is 12.4. The summed E-state index contributed by atoms with van der Waals surface area (Å²) in [5.74, 6) is 0.276. The number of aryl methyl sites for hydroxylation is 1. The quantitative estimate of drug-likeness (QED) is 0.824. The molecule has 2 fully saturated rings. The Morgan fingerprint density at radius 1 is 1.27 bits per heavy atom. The van der Waals surface area contributed by atoms with Crippen LogP contribution in [0.3, 0.4) is 0 Å². The van der Waals surface area contributed by atoms with Crippen LogP contribution in [0.2, 0.25) is 0 Å². The van der Waals surface area contributed by atoms with Gasteiger partial charge in [0.05, 0.1) is 23.5 Å². The van der Waals surface area contributed by atoms with E-state index in [1.807, 2.05) is 12.1 Å². The molecule has 5 nitrogen and oxygen atoms in total. The number of benzene rings is 1. The van der Waals surface area contributed by atoms with Crippen molar-refractivity contribution >= 4 is 15.7 Å². The third kappa shape index (κ3) is 5.07. The number of rotatable bonds is 6. The van der Waals surface area contributed by atoms with Gasteiger partial charge in [-0.3, -0.25) is 4.79 Å². The Hall–Kier alpha value is -1.40. The predicted octanol–water partition coefficient (Wildman–Crippen LogP) is 2.42. The molecule has 1 aromatic rings. The average Bonchev–Trinajstić information content (AvgIpc) is 2.88. The first-order valence-corrected chi connectivity index (χ1v) is 11.4. The highest BCUT2D eigenvalue weighted by molar-refractivity contribution is 7.91. The van der Waals surface area contributed by atoms with Crippen LogP contribution in [0, 0.1) is 0 Å². The largest absolute Gasteiger partial charge is 0.374 e. The van der Waals surface area contributed by atoms with Crippen LogP contribution >= 0.6 is 0 Å². The van der Waals surface area contributed by atoms with Crippen molar-refractivity contribution in [1.29, 1.82) is 0 Å². The van der Waals surface area contributed by atoms with Crippen LogP contribution in [0.1, 0.15) is 50.2 Å². The van der Waals surface area contributed by atoms with Crippen LogP contribution in [0.25, 0.3) is 0 Å². The summed E-state index contributed by atoms with van der Waals surface area (Å²) in [6, 6.07) is 8.25. The second kappa shape index (κ2) is 8.09. The Labute approximate surface area is 156 Å². The van der Waals surface area contributed by atoms with E-state index >= 15 is 0 Å². The summed E-state index contributed by atoms with van der Waals surface area (Å²) in [6.07, 6.45) is 5.67. The van der Waals surface area contributed by atoms with E-state index in [9.17, 15) is 13.2 Å². The third-order valence-corrected chi connectivity index (χ3v) is 7.21. The maximum absolute atomic E-state index is 12.4. The normalized spacial score (nSPS) is 27.5. The van der Waals surface area contributed by atoms with Crippen molar-refractivity contribution in [2.75, 3.05) is 18.1 Å². The van der Waals surface area contributed by atoms with Gasteiger partial charge in [-0.25, -0.2) is 8.42 Å². The molecule has 1 N–H and O–H groups in total. The van der Waals surface area contributed by atoms with Gasteiger partial charge in [0.1, 0.15) is 0 Å². The molecule has 0 radical (unpaired) electrons. The molecule has 0 aromatic heterocycles. The topological polar surface area (TPSA) is 72.5 Å². The lowest BCUT2D eigenvalue weighted by Gasteiger charge is -2.37. The van der Waals surface area contributed by atoms with E-state index in [1.165, 1.54) is 18.4 Å². The predicted molar refractivity (Wildman–Crippen MR) is 102 cm³/mol. The zero-order chi connectivity index (χ0) is 18.6. The van der Waals surface area contributed by atoms with Gasteiger partial charge >= 0.3 is 0 Å². The molecule has 0 aliphatic carbocycles. The van der Waals surface area contributed by atoms with E-state index in [2.05, 4.69) is 24.4 Å². The number of nitrogens with one attached hydrogen (secondary N) is 1. The molecule has 3 rings (SSSR count). The number of carbonyl (C=O) groups excluding carboxylic acids is 1. The van der Waals surface area contributed by atoms with Crippen LogP contribution < -0.4 is 5.32 Å². The number of sulfone groups is 1. The van der Waals surface area contributed by atoms with E-state index in [0.717, 1.165) is 18.4 Å². The fraction of sp³-hybridized carbons (Fsp3) is 0.650. The van der Waals surface area contributed by atoms with E-state index < -0.39 is 15.4 Å². The number of carbonyl (C=O) groups is 1. The minimum atomic E-state index is -3.00. The average molecular weight is 380 g/mol. The minimum Gasteiger partial charge on any atom is -0.374 e. The Morgan fingerprint density at radius 3 is 2.65 bits per heavy atom. The van der Waals surface area contributed by atoms with Crippen molar-refractivity contribution in [3.63, 3.8) is 0 Å². The smallest absolute Gasteiger partial charge is 0.224 e. The standard InChI is InChI=1S/C20H29NO4S/c1-2-3-4-16-5-7-17(8-6-16)13-19(22)21-18-9-11-25-20(14-18)10-12-26(23,24)15-20/h5-8,18H,2-4,9-15H2,1H3,(H,21,22)/t18-,20+/m0/s1. The van der Waals surface area contributed by atoms with Gasteiger partial charge < -0.3 is 10.1 Å². The fourth-order valence-corrected chi connectivity index (χ4v) is 5.96. The van der Waals surface area contributed by atoms with Gasteiger partial charge in [-0.05, 0) is 43.2 Å². The lowest BCUT2D eigenvalue weighted by Crippen LogP contribution is -2.49. The summed E-state index contributed by atoms with van der Waals surface area (Å²) < 4.78 is 29.4. The van der Waals surface area contributed by atoms with Crippen molar-refractivity contribution in [3.8, 4) is 0 Å². The highest BCUT2D eigenvalue weighted by Gasteiger charge is 2.46. The van der Waals surface area contributed by atoms with Gasteiger partial charge in [0.15, 0.2) is 9.84 Å². The van der Waals surface area contributed by atoms with Crippen molar-refractivity contribution in [2.24, 2.45) is 0 Å². The molecule has 1 amide bonds. The second-order valence-corrected chi connectivity index (χ2v) is 9.91. The molecule has 2 aliphatic heterocycles. The summed E-state index contributed by atoms with van der Waals surface area (Å²) in [7, 11) is -3.00. The van der Waals surface area contributed by atoms with Gasteiger partial charge in [-0.2, -0.15) is 0 Å². The van der Waals surface area contributed by atoms with Gasteiger partial charge in [-0.15, -0.1) is 0 Å². The molecular formula is C20H29NO4S. The first-order valence-electron chi connectivity index (χ1n) is 9.61. The van der Waals surface area contributed by atoms with Gasteiger partial charge in [0, 0.05) is 12.6 Å². The van der Waals surface area contributed by atoms with E-state index in [4.69, 9.17) is 4.74 Å². The number of ether oxygens (including phenoxy) is 1. The summed E-state index contributed by atoms with van der Waals surface area (Å²) >= 11 is 0. The molecular weight excluding hydrogens is 350 g/mol. The van der Waals surface area contributed by atoms with E-state index in [1.54, 1.807) is 0 Å². The zero-order valence-electron chi connectivity index (χ0n) is 15.5. The van der Waals surface area contributed by atoms with Crippen molar-refractivity contribution < 1.29 is 17.9 Å². The minimum absolute atomic E-state index is 0.00536. The van der Waals surface area contributed by atoms with Gasteiger partial charge in [0.2, 0.25) is 5.91 Å². The van der Waals surface area contributed by atoms with Crippen LogP contribution in [-0.4, -0.2) is 44.1 Å². The van der Waals surface area contributed by atoms with Crippen molar-refractivity contribution in [2.45, 2.75) is 63.5 Å². The molecule has 2 saturated heterocycles. The fourth-order valence-electron chi connectivity index (χ4n) is 3.98. The monoisotopic (exact) mass is 379 g/mol. The molecule has 2 aliphatic rings. The molecule has 2 atom stereocenters. The summed E-state index contributed by atoms with van der Waals surface area (Å²) in [6.45, 7) is 2.69. The zero-order valence-corrected chi connectivity index (χ0v) is 16.3. The molecule has 1 aromatic carbocycles. The van der Waals surface area contributed by atoms with Crippen molar-refractivity contribution in [1.82, 2.24) is 5.32 Å². The number of amides is 1. The first kappa shape index (κ1) is 19.4. The molecule has 2 heterocycles. The third-order valence-electron chi connectivity index (χ3n) is 5.42. The SMILES string of the molecule is CCCCc1ccc(CC(=O)N[C@H]2CCO[C@]3(CCS(=O)(=O)C3)C2)cc1. The van der Waals surface area contributed by atoms with Gasteiger partial charge in [0.25, 0.3) is 0 Å². The lowest BCUT2D eigenvalue weighted by atomic mass is 9.90. The highest BCUT2D eigenvalue weighted by atomic mass is 32.2. The Morgan fingerprint density at radius 2 is 2.00 bits per heavy atom. The Kier molecular flexibility index (Phi) is 6.03. The maximum atomic E-state index is 12.4. The Balaban J connectivity index is 1.51. The molecule has 26 heavy (non-hydrogen) atoms. The summed E-state index contributed by atoms with van der Waals surface area (Å²) in [5, 5.41) is 3.08. The maximum Gasteiger partial charge on any atom is 0.224 e. The number of unbranched alkanes of at least 4 members (excludes halogenated alkanes) is 1. The van der Waals surface area contributed by atoms with Crippen LogP contribution in [-0.2, 0) is 32.2 Å². The highest BCUT2D eigenvalue weighted by Crippen LogP contribution is 2.35. The van der Waals surface area contributed by atoms with Crippen LogP contribution in [0.5, 0.6) is 0 Å². The number of hydrogen-bond acceptors (Lipinski definition) is 4. The summed E-state index contributed by atoms with van der Waals surface area (Å²) in [5.41, 5.74) is 1.73. The molecule has 0 saturated carbocycles. The molecule has 144 valence electrons.